The fourth-order valence-electron chi connectivity index (χ4n) is 2.63. The number of alkyl carbamates (subject to hydrolysis) is 1. The second-order valence-electron chi connectivity index (χ2n) is 7.37. The first-order chi connectivity index (χ1) is 12.0. The molecule has 0 atom stereocenters. The fraction of sp³-hybridized carbons (Fsp3) is 0.667. The van der Waals surface area contributed by atoms with E-state index in [1.807, 2.05) is 30.3 Å². The molecule has 0 aromatic heterocycles. The molecule has 0 fully saturated rings. The molecule has 0 heterocycles. The van der Waals surface area contributed by atoms with E-state index in [9.17, 15) is 4.79 Å². The van der Waals surface area contributed by atoms with E-state index in [0.29, 0.717) is 6.61 Å². The molecule has 0 saturated heterocycles. The van der Waals surface area contributed by atoms with Crippen LogP contribution in [-0.2, 0) is 11.3 Å². The van der Waals surface area contributed by atoms with E-state index >= 15 is 0 Å². The number of carbonyl (C=O) groups is 1. The number of ether oxygens (including phenoxy) is 1. The van der Waals surface area contributed by atoms with Gasteiger partial charge in [-0.1, -0.05) is 57.0 Å². The van der Waals surface area contributed by atoms with Crippen molar-refractivity contribution in [3.8, 4) is 0 Å². The van der Waals surface area contributed by atoms with Crippen molar-refractivity contribution in [2.45, 2.75) is 71.9 Å². The number of carbonyl (C=O) groups excluding carboxylic acids is 1. The first-order valence-corrected chi connectivity index (χ1v) is 9.68. The molecule has 0 saturated carbocycles. The Labute approximate surface area is 153 Å². The Bertz CT molecular complexity index is 466. The number of nitrogens with zero attached hydrogens (tertiary/aromatic N) is 1. The molecule has 0 bridgehead atoms. The Morgan fingerprint density at radius 1 is 1.04 bits per heavy atom. The predicted molar refractivity (Wildman–Crippen MR) is 105 cm³/mol. The van der Waals surface area contributed by atoms with Crippen LogP contribution in [0.3, 0.4) is 0 Å². The van der Waals surface area contributed by atoms with Crippen LogP contribution < -0.4 is 5.32 Å². The minimum Gasteiger partial charge on any atom is -0.445 e. The first-order valence-electron chi connectivity index (χ1n) is 9.68. The minimum absolute atomic E-state index is 0.273. The van der Waals surface area contributed by atoms with Crippen LogP contribution in [0.4, 0.5) is 4.79 Å². The van der Waals surface area contributed by atoms with Crippen LogP contribution in [-0.4, -0.2) is 36.2 Å². The van der Waals surface area contributed by atoms with E-state index in [1.165, 1.54) is 25.7 Å². The highest BCUT2D eigenvalue weighted by Crippen LogP contribution is 2.12. The average molecular weight is 349 g/mol. The highest BCUT2D eigenvalue weighted by atomic mass is 16.5. The second kappa shape index (κ2) is 11.9. The number of nitrogens with one attached hydrogen (secondary N) is 1. The van der Waals surface area contributed by atoms with Crippen molar-refractivity contribution in [1.29, 1.82) is 0 Å². The molecule has 0 spiro atoms. The molecule has 1 N–H and O–H groups in total. The number of rotatable bonds is 12. The molecule has 0 aliphatic carbocycles. The van der Waals surface area contributed by atoms with Gasteiger partial charge < -0.3 is 15.0 Å². The number of unbranched alkanes of at least 4 members (excludes halogenated alkanes) is 2. The van der Waals surface area contributed by atoms with Gasteiger partial charge in [-0.15, -0.1) is 0 Å². The summed E-state index contributed by atoms with van der Waals surface area (Å²) in [7, 11) is 0. The van der Waals surface area contributed by atoms with Crippen LogP contribution in [0.15, 0.2) is 30.3 Å². The molecule has 25 heavy (non-hydrogen) atoms. The van der Waals surface area contributed by atoms with Crippen LogP contribution in [0.2, 0.25) is 0 Å². The van der Waals surface area contributed by atoms with Gasteiger partial charge in [0.2, 0.25) is 0 Å². The van der Waals surface area contributed by atoms with E-state index in [-0.39, 0.29) is 11.6 Å². The first kappa shape index (κ1) is 21.5. The maximum Gasteiger partial charge on any atom is 0.407 e. The lowest BCUT2D eigenvalue weighted by atomic mass is 10.0. The Morgan fingerprint density at radius 3 is 2.20 bits per heavy atom. The minimum atomic E-state index is -0.345. The van der Waals surface area contributed by atoms with Crippen LogP contribution in [0.25, 0.3) is 0 Å². The maximum absolute atomic E-state index is 12.1. The predicted octanol–water partition coefficient (Wildman–Crippen LogP) is 4.98. The summed E-state index contributed by atoms with van der Waals surface area (Å²) in [6.45, 7) is 12.2. The van der Waals surface area contributed by atoms with Crippen molar-refractivity contribution in [3.63, 3.8) is 0 Å². The summed E-state index contributed by atoms with van der Waals surface area (Å²) >= 11 is 0. The van der Waals surface area contributed by atoms with Gasteiger partial charge in [0.1, 0.15) is 6.61 Å². The van der Waals surface area contributed by atoms with Gasteiger partial charge in [0.25, 0.3) is 0 Å². The van der Waals surface area contributed by atoms with Gasteiger partial charge in [0, 0.05) is 12.1 Å². The third-order valence-corrected chi connectivity index (χ3v) is 4.36. The van der Waals surface area contributed by atoms with Crippen LogP contribution in [0.5, 0.6) is 0 Å². The van der Waals surface area contributed by atoms with Gasteiger partial charge in [-0.3, -0.25) is 0 Å². The summed E-state index contributed by atoms with van der Waals surface area (Å²) in [5.74, 6) is 0. The van der Waals surface area contributed by atoms with Crippen molar-refractivity contribution in [2.24, 2.45) is 0 Å². The standard InChI is InChI=1S/C21H36N2O2/c1-5-7-15-23(16-8-6-2)17-14-21(3,4)22-20(24)25-18-19-12-10-9-11-13-19/h9-13H,5-8,14-18H2,1-4H3,(H,22,24). The summed E-state index contributed by atoms with van der Waals surface area (Å²) < 4.78 is 5.34. The zero-order valence-electron chi connectivity index (χ0n) is 16.5. The second-order valence-corrected chi connectivity index (χ2v) is 7.37. The van der Waals surface area contributed by atoms with Crippen LogP contribution in [0, 0.1) is 0 Å². The molecule has 142 valence electrons. The highest BCUT2D eigenvalue weighted by molar-refractivity contribution is 5.68. The largest absolute Gasteiger partial charge is 0.445 e. The van der Waals surface area contributed by atoms with E-state index in [4.69, 9.17) is 4.74 Å². The summed E-state index contributed by atoms with van der Waals surface area (Å²) in [6, 6.07) is 9.76. The third-order valence-electron chi connectivity index (χ3n) is 4.36. The molecule has 4 heteroatoms. The van der Waals surface area contributed by atoms with E-state index in [1.54, 1.807) is 0 Å². The molecule has 0 unspecified atom stereocenters. The zero-order chi connectivity index (χ0) is 18.5. The average Bonchev–Trinajstić information content (AvgIpc) is 2.60. The normalized spacial score (nSPS) is 11.6. The lowest BCUT2D eigenvalue weighted by molar-refractivity contribution is 0.126. The monoisotopic (exact) mass is 348 g/mol. The number of amides is 1. The molecular formula is C21H36N2O2. The molecular weight excluding hydrogens is 312 g/mol. The lowest BCUT2D eigenvalue weighted by Gasteiger charge is -2.30. The zero-order valence-corrected chi connectivity index (χ0v) is 16.5. The van der Waals surface area contributed by atoms with Crippen molar-refractivity contribution >= 4 is 6.09 Å². The SMILES string of the molecule is CCCCN(CCCC)CCC(C)(C)NC(=O)OCc1ccccc1. The molecule has 1 amide bonds. The smallest absolute Gasteiger partial charge is 0.407 e. The topological polar surface area (TPSA) is 41.6 Å². The molecule has 1 rings (SSSR count). The molecule has 1 aromatic carbocycles. The number of hydrogen-bond donors (Lipinski definition) is 1. The summed E-state index contributed by atoms with van der Waals surface area (Å²) in [6.07, 6.45) is 5.47. The van der Waals surface area contributed by atoms with Gasteiger partial charge >= 0.3 is 6.09 Å². The highest BCUT2D eigenvalue weighted by Gasteiger charge is 2.22. The maximum atomic E-state index is 12.1. The molecule has 4 nitrogen and oxygen atoms in total. The Hall–Kier alpha value is -1.55. The molecule has 0 radical (unpaired) electrons. The van der Waals surface area contributed by atoms with E-state index in [0.717, 1.165) is 31.6 Å². The van der Waals surface area contributed by atoms with Crippen LogP contribution in [0.1, 0.15) is 65.4 Å². The van der Waals surface area contributed by atoms with E-state index in [2.05, 4.69) is 37.9 Å². The van der Waals surface area contributed by atoms with Gasteiger partial charge in [-0.05, 0) is 51.8 Å². The quantitative estimate of drug-likeness (QED) is 0.579. The van der Waals surface area contributed by atoms with Crippen molar-refractivity contribution in [1.82, 2.24) is 10.2 Å². The molecule has 0 aliphatic rings. The Balaban J connectivity index is 2.37. The van der Waals surface area contributed by atoms with Gasteiger partial charge in [-0.25, -0.2) is 4.79 Å². The van der Waals surface area contributed by atoms with Crippen molar-refractivity contribution in [2.75, 3.05) is 19.6 Å². The van der Waals surface area contributed by atoms with Gasteiger partial charge in [-0.2, -0.15) is 0 Å². The fourth-order valence-corrected chi connectivity index (χ4v) is 2.63. The summed E-state index contributed by atoms with van der Waals surface area (Å²) in [5.41, 5.74) is 0.727. The summed E-state index contributed by atoms with van der Waals surface area (Å²) in [4.78, 5) is 14.6. The Kier molecular flexibility index (Phi) is 10.2. The number of benzene rings is 1. The molecule has 1 aromatic rings. The number of hydrogen-bond acceptors (Lipinski definition) is 3. The van der Waals surface area contributed by atoms with Crippen molar-refractivity contribution < 1.29 is 9.53 Å². The molecule has 0 aliphatic heterocycles. The van der Waals surface area contributed by atoms with Crippen LogP contribution >= 0.6 is 0 Å². The van der Waals surface area contributed by atoms with Crippen molar-refractivity contribution in [3.05, 3.63) is 35.9 Å². The van der Waals surface area contributed by atoms with E-state index < -0.39 is 0 Å². The summed E-state index contributed by atoms with van der Waals surface area (Å²) in [5, 5.41) is 3.01. The van der Waals surface area contributed by atoms with Gasteiger partial charge in [0.15, 0.2) is 0 Å². The third kappa shape index (κ3) is 10.1. The van der Waals surface area contributed by atoms with Gasteiger partial charge in [0.05, 0.1) is 0 Å². The Morgan fingerprint density at radius 2 is 1.64 bits per heavy atom. The lowest BCUT2D eigenvalue weighted by Crippen LogP contribution is -2.46.